The molecule has 0 aliphatic carbocycles. The Morgan fingerprint density at radius 2 is 1.77 bits per heavy atom. The Morgan fingerprint density at radius 3 is 2.41 bits per heavy atom. The van der Waals surface area contributed by atoms with Crippen molar-refractivity contribution in [1.82, 2.24) is 15.0 Å². The molecular weight excluding hydrogens is 285 g/mol. The van der Waals surface area contributed by atoms with Gasteiger partial charge in [0.15, 0.2) is 5.69 Å². The van der Waals surface area contributed by atoms with Crippen LogP contribution >= 0.6 is 0 Å². The van der Waals surface area contributed by atoms with Gasteiger partial charge >= 0.3 is 5.97 Å². The molecule has 3 rings (SSSR count). The summed E-state index contributed by atoms with van der Waals surface area (Å²) < 4.78 is 14.5. The van der Waals surface area contributed by atoms with Crippen molar-refractivity contribution >= 4 is 5.97 Å². The fourth-order valence-corrected chi connectivity index (χ4v) is 2.20. The number of rotatable bonds is 4. The van der Waals surface area contributed by atoms with Crippen LogP contribution in [0.1, 0.15) is 21.7 Å². The van der Waals surface area contributed by atoms with Crippen LogP contribution in [0.2, 0.25) is 0 Å². The van der Waals surface area contributed by atoms with Crippen molar-refractivity contribution in [1.29, 1.82) is 0 Å². The number of benzene rings is 2. The predicted molar refractivity (Wildman–Crippen MR) is 77.5 cm³/mol. The molecule has 0 unspecified atom stereocenters. The van der Waals surface area contributed by atoms with Crippen LogP contribution in [0.5, 0.6) is 0 Å². The molecule has 0 aliphatic rings. The van der Waals surface area contributed by atoms with Crippen molar-refractivity contribution < 1.29 is 14.3 Å². The standard InChI is InChI=1S/C16H12FN3O2/c17-12-8-6-11(7-9-12)10-14-15(16(21)22)18-19-20(14)13-4-2-1-3-5-13/h1-9H,10H2,(H,21,22). The molecule has 0 aliphatic heterocycles. The van der Waals surface area contributed by atoms with E-state index < -0.39 is 5.97 Å². The maximum atomic E-state index is 13.0. The van der Waals surface area contributed by atoms with E-state index in [1.807, 2.05) is 30.3 Å². The Kier molecular flexibility index (Phi) is 3.65. The molecule has 0 amide bonds. The molecule has 5 nitrogen and oxygen atoms in total. The van der Waals surface area contributed by atoms with Crippen LogP contribution in [0.25, 0.3) is 5.69 Å². The van der Waals surface area contributed by atoms with E-state index in [-0.39, 0.29) is 11.5 Å². The minimum atomic E-state index is -1.14. The third-order valence-electron chi connectivity index (χ3n) is 3.25. The van der Waals surface area contributed by atoms with E-state index in [1.165, 1.54) is 16.8 Å². The number of para-hydroxylation sites is 1. The van der Waals surface area contributed by atoms with Gasteiger partial charge in [-0.05, 0) is 29.8 Å². The average molecular weight is 297 g/mol. The van der Waals surface area contributed by atoms with Gasteiger partial charge in [0.2, 0.25) is 0 Å². The normalized spacial score (nSPS) is 10.6. The molecule has 0 bridgehead atoms. The molecule has 0 spiro atoms. The molecule has 1 heterocycles. The molecule has 1 aromatic heterocycles. The van der Waals surface area contributed by atoms with Crippen LogP contribution in [0, 0.1) is 5.82 Å². The zero-order valence-corrected chi connectivity index (χ0v) is 11.5. The number of carbonyl (C=O) groups is 1. The Labute approximate surface area is 125 Å². The summed E-state index contributed by atoms with van der Waals surface area (Å²) in [5.41, 5.74) is 1.85. The molecule has 22 heavy (non-hydrogen) atoms. The zero-order chi connectivity index (χ0) is 15.5. The lowest BCUT2D eigenvalue weighted by atomic mass is 10.1. The largest absolute Gasteiger partial charge is 0.476 e. The zero-order valence-electron chi connectivity index (χ0n) is 11.5. The topological polar surface area (TPSA) is 68.0 Å². The van der Waals surface area contributed by atoms with Crippen molar-refractivity contribution in [2.75, 3.05) is 0 Å². The third kappa shape index (κ3) is 2.71. The summed E-state index contributed by atoms with van der Waals surface area (Å²) >= 11 is 0. The summed E-state index contributed by atoms with van der Waals surface area (Å²) in [5, 5.41) is 17.0. The van der Waals surface area contributed by atoms with Gasteiger partial charge in [-0.25, -0.2) is 13.9 Å². The molecule has 110 valence electrons. The fraction of sp³-hybridized carbons (Fsp3) is 0.0625. The van der Waals surface area contributed by atoms with E-state index >= 15 is 0 Å². The molecule has 0 saturated heterocycles. The molecule has 3 aromatic rings. The Bertz CT molecular complexity index is 798. The lowest BCUT2D eigenvalue weighted by Crippen LogP contribution is -2.07. The van der Waals surface area contributed by atoms with Gasteiger partial charge < -0.3 is 5.11 Å². The smallest absolute Gasteiger partial charge is 0.358 e. The second-order valence-electron chi connectivity index (χ2n) is 4.74. The van der Waals surface area contributed by atoms with Crippen LogP contribution in [-0.4, -0.2) is 26.1 Å². The highest BCUT2D eigenvalue weighted by Gasteiger charge is 2.20. The molecular formula is C16H12FN3O2. The van der Waals surface area contributed by atoms with Gasteiger partial charge in [-0.2, -0.15) is 0 Å². The first-order chi connectivity index (χ1) is 10.6. The Morgan fingerprint density at radius 1 is 1.09 bits per heavy atom. The summed E-state index contributed by atoms with van der Waals surface area (Å²) in [5.74, 6) is -1.48. The Balaban J connectivity index is 2.05. The van der Waals surface area contributed by atoms with Crippen molar-refractivity contribution in [2.24, 2.45) is 0 Å². The van der Waals surface area contributed by atoms with Gasteiger partial charge in [-0.3, -0.25) is 0 Å². The first-order valence-corrected chi connectivity index (χ1v) is 6.63. The van der Waals surface area contributed by atoms with E-state index in [1.54, 1.807) is 12.1 Å². The first-order valence-electron chi connectivity index (χ1n) is 6.63. The van der Waals surface area contributed by atoms with Crippen molar-refractivity contribution in [3.8, 4) is 5.69 Å². The third-order valence-corrected chi connectivity index (χ3v) is 3.25. The lowest BCUT2D eigenvalue weighted by molar-refractivity contribution is 0.0689. The molecule has 1 N–H and O–H groups in total. The van der Waals surface area contributed by atoms with Crippen molar-refractivity contribution in [2.45, 2.75) is 6.42 Å². The minimum Gasteiger partial charge on any atom is -0.476 e. The van der Waals surface area contributed by atoms with E-state index in [0.29, 0.717) is 12.1 Å². The summed E-state index contributed by atoms with van der Waals surface area (Å²) in [6.07, 6.45) is 0.295. The number of aromatic carboxylic acids is 1. The highest BCUT2D eigenvalue weighted by Crippen LogP contribution is 2.17. The van der Waals surface area contributed by atoms with E-state index in [9.17, 15) is 14.3 Å². The van der Waals surface area contributed by atoms with Gasteiger partial charge in [0.1, 0.15) is 5.82 Å². The quantitative estimate of drug-likeness (QED) is 0.804. The van der Waals surface area contributed by atoms with Crippen LogP contribution < -0.4 is 0 Å². The summed E-state index contributed by atoms with van der Waals surface area (Å²) in [7, 11) is 0. The van der Waals surface area contributed by atoms with Crippen LogP contribution in [0.4, 0.5) is 4.39 Å². The van der Waals surface area contributed by atoms with Crippen molar-refractivity contribution in [3.63, 3.8) is 0 Å². The summed E-state index contributed by atoms with van der Waals surface area (Å²) in [6.45, 7) is 0. The van der Waals surface area contributed by atoms with Crippen molar-refractivity contribution in [3.05, 3.63) is 77.4 Å². The van der Waals surface area contributed by atoms with E-state index in [2.05, 4.69) is 10.3 Å². The summed E-state index contributed by atoms with van der Waals surface area (Å²) in [4.78, 5) is 11.3. The molecule has 0 atom stereocenters. The molecule has 6 heteroatoms. The number of nitrogens with zero attached hydrogens (tertiary/aromatic N) is 3. The predicted octanol–water partition coefficient (Wildman–Crippen LogP) is 2.70. The highest BCUT2D eigenvalue weighted by atomic mass is 19.1. The molecule has 0 fully saturated rings. The highest BCUT2D eigenvalue weighted by molar-refractivity contribution is 5.86. The number of hydrogen-bond acceptors (Lipinski definition) is 3. The number of carboxylic acids is 1. The van der Waals surface area contributed by atoms with Gasteiger partial charge in [-0.15, -0.1) is 5.10 Å². The maximum Gasteiger partial charge on any atom is 0.358 e. The Hall–Kier alpha value is -3.02. The first kappa shape index (κ1) is 13.9. The second kappa shape index (κ2) is 5.77. The van der Waals surface area contributed by atoms with Crippen LogP contribution in [0.3, 0.4) is 0 Å². The van der Waals surface area contributed by atoms with Crippen LogP contribution in [0.15, 0.2) is 54.6 Å². The van der Waals surface area contributed by atoms with E-state index in [0.717, 1.165) is 11.3 Å². The minimum absolute atomic E-state index is 0.104. The number of halogens is 1. The fourth-order valence-electron chi connectivity index (χ4n) is 2.20. The maximum absolute atomic E-state index is 13.0. The molecule has 0 radical (unpaired) electrons. The number of aromatic nitrogens is 3. The molecule has 2 aromatic carbocycles. The average Bonchev–Trinajstić information content (AvgIpc) is 2.94. The van der Waals surface area contributed by atoms with Crippen LogP contribution in [-0.2, 0) is 6.42 Å². The monoisotopic (exact) mass is 297 g/mol. The second-order valence-corrected chi connectivity index (χ2v) is 4.74. The SMILES string of the molecule is O=C(O)c1nnn(-c2ccccc2)c1Cc1ccc(F)cc1. The van der Waals surface area contributed by atoms with E-state index in [4.69, 9.17) is 0 Å². The lowest BCUT2D eigenvalue weighted by Gasteiger charge is -2.07. The van der Waals surface area contributed by atoms with Gasteiger partial charge in [0.25, 0.3) is 0 Å². The summed E-state index contributed by atoms with van der Waals surface area (Å²) in [6, 6.07) is 15.1. The van der Waals surface area contributed by atoms with Gasteiger partial charge in [0.05, 0.1) is 11.4 Å². The molecule has 0 saturated carbocycles. The number of carboxylic acid groups (broad SMARTS) is 1. The number of hydrogen-bond donors (Lipinski definition) is 1. The van der Waals surface area contributed by atoms with Gasteiger partial charge in [0, 0.05) is 6.42 Å². The van der Waals surface area contributed by atoms with Gasteiger partial charge in [-0.1, -0.05) is 35.5 Å².